The Labute approximate surface area is 121 Å². The van der Waals surface area contributed by atoms with Crippen molar-refractivity contribution in [2.45, 2.75) is 39.2 Å². The molecule has 0 radical (unpaired) electrons. The van der Waals surface area contributed by atoms with E-state index in [4.69, 9.17) is 10.5 Å². The van der Waals surface area contributed by atoms with Crippen LogP contribution in [-0.4, -0.2) is 0 Å². The van der Waals surface area contributed by atoms with Gasteiger partial charge in [-0.1, -0.05) is 45.0 Å². The SMILES string of the molecule is CC(N)c1cccc(Oc2cccc(C(C)(C)C)c2)c1. The van der Waals surface area contributed by atoms with Crippen molar-refractivity contribution < 1.29 is 4.74 Å². The molecule has 0 amide bonds. The molecule has 0 bridgehead atoms. The molecule has 0 aromatic heterocycles. The molecule has 0 saturated heterocycles. The zero-order valence-corrected chi connectivity index (χ0v) is 12.7. The van der Waals surface area contributed by atoms with E-state index in [-0.39, 0.29) is 11.5 Å². The standard InChI is InChI=1S/C18H23NO/c1-13(19)14-7-5-9-16(11-14)20-17-10-6-8-15(12-17)18(2,3)4/h5-13H,19H2,1-4H3. The van der Waals surface area contributed by atoms with Gasteiger partial charge in [-0.2, -0.15) is 0 Å². The predicted molar refractivity (Wildman–Crippen MR) is 84.3 cm³/mol. The molecule has 0 heterocycles. The molecule has 2 N–H and O–H groups in total. The minimum absolute atomic E-state index is 0.0134. The molecule has 2 aromatic rings. The number of benzene rings is 2. The van der Waals surface area contributed by atoms with Crippen LogP contribution in [0, 0.1) is 0 Å². The highest BCUT2D eigenvalue weighted by Crippen LogP contribution is 2.29. The Bertz CT molecular complexity index is 582. The van der Waals surface area contributed by atoms with Gasteiger partial charge in [0.15, 0.2) is 0 Å². The lowest BCUT2D eigenvalue weighted by molar-refractivity contribution is 0.477. The van der Waals surface area contributed by atoms with Crippen LogP contribution in [0.4, 0.5) is 0 Å². The van der Waals surface area contributed by atoms with Crippen LogP contribution in [-0.2, 0) is 5.41 Å². The summed E-state index contributed by atoms with van der Waals surface area (Å²) in [6.45, 7) is 8.56. The molecule has 2 aromatic carbocycles. The van der Waals surface area contributed by atoms with E-state index < -0.39 is 0 Å². The van der Waals surface area contributed by atoms with Crippen LogP contribution in [0.15, 0.2) is 48.5 Å². The van der Waals surface area contributed by atoms with Gasteiger partial charge in [0.25, 0.3) is 0 Å². The maximum absolute atomic E-state index is 5.95. The summed E-state index contributed by atoms with van der Waals surface area (Å²) in [5.41, 5.74) is 8.36. The predicted octanol–water partition coefficient (Wildman–Crippen LogP) is 4.80. The topological polar surface area (TPSA) is 35.2 Å². The zero-order valence-electron chi connectivity index (χ0n) is 12.7. The molecule has 0 aliphatic rings. The number of hydrogen-bond donors (Lipinski definition) is 1. The lowest BCUT2D eigenvalue weighted by atomic mass is 9.87. The van der Waals surface area contributed by atoms with Gasteiger partial charge in [0, 0.05) is 6.04 Å². The second-order valence-electron chi connectivity index (χ2n) is 6.24. The van der Waals surface area contributed by atoms with E-state index in [2.05, 4.69) is 32.9 Å². The Balaban J connectivity index is 2.24. The first-order valence-electron chi connectivity index (χ1n) is 7.00. The third-order valence-corrected chi connectivity index (χ3v) is 3.32. The molecule has 1 atom stereocenters. The van der Waals surface area contributed by atoms with Crippen molar-refractivity contribution in [2.75, 3.05) is 0 Å². The molecule has 0 aliphatic heterocycles. The van der Waals surface area contributed by atoms with E-state index in [1.165, 1.54) is 5.56 Å². The number of nitrogens with two attached hydrogens (primary N) is 1. The van der Waals surface area contributed by atoms with Crippen LogP contribution >= 0.6 is 0 Å². The van der Waals surface area contributed by atoms with Gasteiger partial charge in [0.2, 0.25) is 0 Å². The molecule has 0 fully saturated rings. The van der Waals surface area contributed by atoms with Crippen LogP contribution in [0.2, 0.25) is 0 Å². The Hall–Kier alpha value is -1.80. The molecule has 1 unspecified atom stereocenters. The zero-order chi connectivity index (χ0) is 14.8. The molecule has 0 spiro atoms. The van der Waals surface area contributed by atoms with E-state index in [9.17, 15) is 0 Å². The van der Waals surface area contributed by atoms with E-state index in [0.717, 1.165) is 17.1 Å². The fraction of sp³-hybridized carbons (Fsp3) is 0.333. The monoisotopic (exact) mass is 269 g/mol. The van der Waals surface area contributed by atoms with E-state index in [1.54, 1.807) is 0 Å². The van der Waals surface area contributed by atoms with Gasteiger partial charge >= 0.3 is 0 Å². The average molecular weight is 269 g/mol. The van der Waals surface area contributed by atoms with Crippen molar-refractivity contribution >= 4 is 0 Å². The van der Waals surface area contributed by atoms with E-state index in [0.29, 0.717) is 0 Å². The second-order valence-corrected chi connectivity index (χ2v) is 6.24. The Morgan fingerprint density at radius 1 is 0.950 bits per heavy atom. The lowest BCUT2D eigenvalue weighted by Crippen LogP contribution is -2.10. The molecule has 2 nitrogen and oxygen atoms in total. The molecule has 0 aliphatic carbocycles. The first kappa shape index (κ1) is 14.6. The molecular formula is C18H23NO. The van der Waals surface area contributed by atoms with Crippen LogP contribution in [0.25, 0.3) is 0 Å². The van der Waals surface area contributed by atoms with Crippen molar-refractivity contribution in [1.82, 2.24) is 0 Å². The van der Waals surface area contributed by atoms with Gasteiger partial charge in [0.05, 0.1) is 0 Å². The van der Waals surface area contributed by atoms with Gasteiger partial charge in [0.1, 0.15) is 11.5 Å². The van der Waals surface area contributed by atoms with Crippen LogP contribution in [0.1, 0.15) is 44.9 Å². The maximum atomic E-state index is 5.95. The number of rotatable bonds is 3. The largest absolute Gasteiger partial charge is 0.457 e. The van der Waals surface area contributed by atoms with Crippen LogP contribution in [0.5, 0.6) is 11.5 Å². The summed E-state index contributed by atoms with van der Waals surface area (Å²) in [4.78, 5) is 0. The highest BCUT2D eigenvalue weighted by molar-refractivity contribution is 5.38. The molecule has 106 valence electrons. The Kier molecular flexibility index (Phi) is 4.15. The normalized spacial score (nSPS) is 13.1. The highest BCUT2D eigenvalue weighted by Gasteiger charge is 2.14. The summed E-state index contributed by atoms with van der Waals surface area (Å²) in [5.74, 6) is 1.69. The quantitative estimate of drug-likeness (QED) is 0.869. The first-order valence-corrected chi connectivity index (χ1v) is 7.00. The van der Waals surface area contributed by atoms with E-state index in [1.807, 2.05) is 43.3 Å². The summed E-state index contributed by atoms with van der Waals surface area (Å²) in [7, 11) is 0. The molecule has 2 rings (SSSR count). The molecule has 20 heavy (non-hydrogen) atoms. The summed E-state index contributed by atoms with van der Waals surface area (Å²) < 4.78 is 5.95. The van der Waals surface area contributed by atoms with Gasteiger partial charge in [-0.15, -0.1) is 0 Å². The maximum Gasteiger partial charge on any atom is 0.127 e. The van der Waals surface area contributed by atoms with Crippen LogP contribution < -0.4 is 10.5 Å². The van der Waals surface area contributed by atoms with Gasteiger partial charge in [-0.3, -0.25) is 0 Å². The minimum Gasteiger partial charge on any atom is -0.457 e. The smallest absolute Gasteiger partial charge is 0.127 e. The number of ether oxygens (including phenoxy) is 1. The van der Waals surface area contributed by atoms with Crippen molar-refractivity contribution in [3.63, 3.8) is 0 Å². The van der Waals surface area contributed by atoms with Crippen molar-refractivity contribution in [1.29, 1.82) is 0 Å². The first-order chi connectivity index (χ1) is 9.36. The third-order valence-electron chi connectivity index (χ3n) is 3.32. The fourth-order valence-electron chi connectivity index (χ4n) is 2.02. The highest BCUT2D eigenvalue weighted by atomic mass is 16.5. The minimum atomic E-state index is 0.0134. The van der Waals surface area contributed by atoms with E-state index >= 15 is 0 Å². The van der Waals surface area contributed by atoms with Gasteiger partial charge < -0.3 is 10.5 Å². The summed E-state index contributed by atoms with van der Waals surface area (Å²) >= 11 is 0. The van der Waals surface area contributed by atoms with Crippen LogP contribution in [0.3, 0.4) is 0 Å². The van der Waals surface area contributed by atoms with Crippen molar-refractivity contribution in [3.8, 4) is 11.5 Å². The summed E-state index contributed by atoms with van der Waals surface area (Å²) in [6.07, 6.45) is 0. The second kappa shape index (κ2) is 5.68. The molecule has 2 heteroatoms. The fourth-order valence-corrected chi connectivity index (χ4v) is 2.02. The van der Waals surface area contributed by atoms with Crippen molar-refractivity contribution in [2.24, 2.45) is 5.73 Å². The van der Waals surface area contributed by atoms with Crippen molar-refractivity contribution in [3.05, 3.63) is 59.7 Å². The Morgan fingerprint density at radius 2 is 1.55 bits per heavy atom. The molecular weight excluding hydrogens is 246 g/mol. The average Bonchev–Trinajstić information content (AvgIpc) is 2.38. The van der Waals surface area contributed by atoms with Gasteiger partial charge in [-0.05, 0) is 47.7 Å². The molecule has 0 saturated carbocycles. The summed E-state index contributed by atoms with van der Waals surface area (Å²) in [6, 6.07) is 16.2. The van der Waals surface area contributed by atoms with Gasteiger partial charge in [-0.25, -0.2) is 0 Å². The summed E-state index contributed by atoms with van der Waals surface area (Å²) in [5, 5.41) is 0. The Morgan fingerprint density at radius 3 is 2.15 bits per heavy atom. The third kappa shape index (κ3) is 3.61. The lowest BCUT2D eigenvalue weighted by Gasteiger charge is -2.19. The number of hydrogen-bond acceptors (Lipinski definition) is 2.